The molecule has 34 heavy (non-hydrogen) atoms. The van der Waals surface area contributed by atoms with Gasteiger partial charge in [-0.3, -0.25) is 4.72 Å². The van der Waals surface area contributed by atoms with Gasteiger partial charge in [0.05, 0.1) is 7.11 Å². The molecule has 4 aromatic rings. The van der Waals surface area contributed by atoms with E-state index in [2.05, 4.69) is 0 Å². The molecule has 5 nitrogen and oxygen atoms in total. The predicted molar refractivity (Wildman–Crippen MR) is 125 cm³/mol. The second kappa shape index (κ2) is 9.26. The topological polar surface area (TPSA) is 64.6 Å². The molecule has 0 amide bonds. The Hall–Kier alpha value is -3.72. The van der Waals surface area contributed by atoms with Crippen LogP contribution in [0.3, 0.4) is 0 Å². The van der Waals surface area contributed by atoms with E-state index in [0.29, 0.717) is 16.5 Å². The lowest BCUT2D eigenvalue weighted by molar-refractivity contribution is -0.0429. The molecule has 0 unspecified atom stereocenters. The SMILES string of the molecule is COc1ccc(-c2cccc(COc3cccc4cc(NS(=O)(=O)C(F)(F)F)ccc34)c2)cc1. The fraction of sp³-hybridized carbons (Fsp3) is 0.120. The van der Waals surface area contributed by atoms with Gasteiger partial charge in [-0.1, -0.05) is 42.5 Å². The van der Waals surface area contributed by atoms with Gasteiger partial charge in [-0.2, -0.15) is 21.6 Å². The molecule has 0 saturated heterocycles. The summed E-state index contributed by atoms with van der Waals surface area (Å²) in [6.45, 7) is 0.269. The standard InChI is InChI=1S/C25H20F3NO4S/c1-32-22-11-8-18(9-12-22)19-5-2-4-17(14-19)16-33-24-7-3-6-20-15-21(10-13-23(20)24)29-34(30,31)25(26,27)28/h2-15,29H,16H2,1H3. The lowest BCUT2D eigenvalue weighted by atomic mass is 10.0. The summed E-state index contributed by atoms with van der Waals surface area (Å²) >= 11 is 0. The Kier molecular flexibility index (Phi) is 6.39. The van der Waals surface area contributed by atoms with Gasteiger partial charge < -0.3 is 9.47 Å². The Bertz CT molecular complexity index is 1420. The molecule has 176 valence electrons. The van der Waals surface area contributed by atoms with Crippen LogP contribution in [0.25, 0.3) is 21.9 Å². The summed E-state index contributed by atoms with van der Waals surface area (Å²) in [5.41, 5.74) is -2.60. The van der Waals surface area contributed by atoms with Crippen molar-refractivity contribution in [3.63, 3.8) is 0 Å². The number of anilines is 1. The first-order chi connectivity index (χ1) is 16.2. The van der Waals surface area contributed by atoms with E-state index in [0.717, 1.165) is 22.4 Å². The third-order valence-electron chi connectivity index (χ3n) is 5.14. The van der Waals surface area contributed by atoms with E-state index < -0.39 is 15.5 Å². The van der Waals surface area contributed by atoms with E-state index >= 15 is 0 Å². The van der Waals surface area contributed by atoms with Gasteiger partial charge in [-0.05, 0) is 64.5 Å². The van der Waals surface area contributed by atoms with Crippen molar-refractivity contribution in [3.8, 4) is 22.6 Å². The van der Waals surface area contributed by atoms with Crippen LogP contribution < -0.4 is 14.2 Å². The Morgan fingerprint density at radius 1 is 0.853 bits per heavy atom. The van der Waals surface area contributed by atoms with Gasteiger partial charge in [0.25, 0.3) is 0 Å². The zero-order chi connectivity index (χ0) is 24.3. The van der Waals surface area contributed by atoms with Crippen molar-refractivity contribution in [1.82, 2.24) is 0 Å². The minimum Gasteiger partial charge on any atom is -0.497 e. The molecule has 0 atom stereocenters. The van der Waals surface area contributed by atoms with Gasteiger partial charge in [0.1, 0.15) is 18.1 Å². The number of sulfonamides is 1. The third-order valence-corrected chi connectivity index (χ3v) is 6.26. The quantitative estimate of drug-likeness (QED) is 0.330. The van der Waals surface area contributed by atoms with Crippen LogP contribution >= 0.6 is 0 Å². The number of hydrogen-bond acceptors (Lipinski definition) is 4. The number of ether oxygens (including phenoxy) is 2. The van der Waals surface area contributed by atoms with E-state index in [1.165, 1.54) is 18.2 Å². The first kappa shape index (κ1) is 23.4. The summed E-state index contributed by atoms with van der Waals surface area (Å²) in [7, 11) is -3.88. The molecule has 0 aliphatic heterocycles. The van der Waals surface area contributed by atoms with E-state index in [4.69, 9.17) is 9.47 Å². The summed E-state index contributed by atoms with van der Waals surface area (Å²) in [5.74, 6) is 1.30. The van der Waals surface area contributed by atoms with Crippen LogP contribution in [-0.4, -0.2) is 21.0 Å². The minimum absolute atomic E-state index is 0.186. The van der Waals surface area contributed by atoms with E-state index in [1.807, 2.05) is 48.5 Å². The molecule has 0 saturated carbocycles. The summed E-state index contributed by atoms with van der Waals surface area (Å²) in [5, 5.41) is 1.18. The molecule has 0 heterocycles. The highest BCUT2D eigenvalue weighted by Crippen LogP contribution is 2.31. The molecule has 0 aromatic heterocycles. The normalized spacial score (nSPS) is 11.9. The molecule has 4 aromatic carbocycles. The number of hydrogen-bond donors (Lipinski definition) is 1. The van der Waals surface area contributed by atoms with Gasteiger partial charge in [-0.25, -0.2) is 0 Å². The molecule has 0 radical (unpaired) electrons. The molecule has 1 N–H and O–H groups in total. The molecule has 0 spiro atoms. The Labute approximate surface area is 194 Å². The Balaban J connectivity index is 1.53. The number of nitrogens with one attached hydrogen (secondary N) is 1. The molecule has 0 fully saturated rings. The second-order valence-corrected chi connectivity index (χ2v) is 9.13. The summed E-state index contributed by atoms with van der Waals surface area (Å²) in [6, 6.07) is 24.8. The van der Waals surface area contributed by atoms with Crippen molar-refractivity contribution in [2.75, 3.05) is 11.8 Å². The van der Waals surface area contributed by atoms with Crippen molar-refractivity contribution >= 4 is 26.5 Å². The Morgan fingerprint density at radius 3 is 2.29 bits per heavy atom. The zero-order valence-corrected chi connectivity index (χ0v) is 18.8. The molecule has 9 heteroatoms. The van der Waals surface area contributed by atoms with Crippen LogP contribution in [0.5, 0.6) is 11.5 Å². The van der Waals surface area contributed by atoms with Crippen LogP contribution in [0.1, 0.15) is 5.56 Å². The Morgan fingerprint density at radius 2 is 1.59 bits per heavy atom. The highest BCUT2D eigenvalue weighted by Gasteiger charge is 2.46. The molecule has 0 bridgehead atoms. The van der Waals surface area contributed by atoms with Crippen molar-refractivity contribution in [1.29, 1.82) is 0 Å². The van der Waals surface area contributed by atoms with Crippen molar-refractivity contribution in [3.05, 3.63) is 90.5 Å². The molecular formula is C25H20F3NO4S. The predicted octanol–water partition coefficient (Wildman–Crippen LogP) is 6.36. The van der Waals surface area contributed by atoms with Crippen LogP contribution in [0.4, 0.5) is 18.9 Å². The van der Waals surface area contributed by atoms with E-state index in [1.54, 1.807) is 30.0 Å². The fourth-order valence-corrected chi connectivity index (χ4v) is 3.99. The number of rotatable bonds is 7. The van der Waals surface area contributed by atoms with Crippen molar-refractivity contribution in [2.24, 2.45) is 0 Å². The molecule has 4 rings (SSSR count). The van der Waals surface area contributed by atoms with E-state index in [-0.39, 0.29) is 12.3 Å². The van der Waals surface area contributed by atoms with Gasteiger partial charge in [0.15, 0.2) is 0 Å². The average molecular weight is 487 g/mol. The largest absolute Gasteiger partial charge is 0.516 e. The van der Waals surface area contributed by atoms with Crippen LogP contribution in [0.15, 0.2) is 84.9 Å². The second-order valence-electron chi connectivity index (χ2n) is 7.46. The summed E-state index contributed by atoms with van der Waals surface area (Å²) in [4.78, 5) is 0. The van der Waals surface area contributed by atoms with Crippen molar-refractivity contribution < 1.29 is 31.1 Å². The van der Waals surface area contributed by atoms with Crippen LogP contribution in [-0.2, 0) is 16.6 Å². The van der Waals surface area contributed by atoms with Crippen LogP contribution in [0, 0.1) is 0 Å². The maximum absolute atomic E-state index is 12.7. The summed E-state index contributed by atoms with van der Waals surface area (Å²) < 4.78 is 73.5. The first-order valence-corrected chi connectivity index (χ1v) is 11.6. The molecular weight excluding hydrogens is 467 g/mol. The monoisotopic (exact) mass is 487 g/mol. The fourth-order valence-electron chi connectivity index (χ4n) is 3.44. The maximum atomic E-state index is 12.7. The number of benzene rings is 4. The minimum atomic E-state index is -5.50. The lowest BCUT2D eigenvalue weighted by Gasteiger charge is -2.13. The van der Waals surface area contributed by atoms with E-state index in [9.17, 15) is 21.6 Å². The zero-order valence-electron chi connectivity index (χ0n) is 18.0. The molecule has 0 aliphatic carbocycles. The number of alkyl halides is 3. The van der Waals surface area contributed by atoms with Gasteiger partial charge >= 0.3 is 15.5 Å². The van der Waals surface area contributed by atoms with Crippen molar-refractivity contribution in [2.45, 2.75) is 12.1 Å². The van der Waals surface area contributed by atoms with Crippen LogP contribution in [0.2, 0.25) is 0 Å². The van der Waals surface area contributed by atoms with Gasteiger partial charge in [-0.15, -0.1) is 0 Å². The third kappa shape index (κ3) is 5.09. The average Bonchev–Trinajstić information content (AvgIpc) is 2.82. The summed E-state index contributed by atoms with van der Waals surface area (Å²) in [6.07, 6.45) is 0. The number of methoxy groups -OCH3 is 1. The smallest absolute Gasteiger partial charge is 0.497 e. The highest BCUT2D eigenvalue weighted by atomic mass is 32.2. The van der Waals surface area contributed by atoms with Gasteiger partial charge in [0, 0.05) is 11.1 Å². The molecule has 0 aliphatic rings. The number of halogens is 3. The lowest BCUT2D eigenvalue weighted by Crippen LogP contribution is -2.29. The number of fused-ring (bicyclic) bond motifs is 1. The highest BCUT2D eigenvalue weighted by molar-refractivity contribution is 7.93. The first-order valence-electron chi connectivity index (χ1n) is 10.1. The van der Waals surface area contributed by atoms with Gasteiger partial charge in [0.2, 0.25) is 0 Å². The maximum Gasteiger partial charge on any atom is 0.516 e.